The summed E-state index contributed by atoms with van der Waals surface area (Å²) >= 11 is 0. The first-order valence-corrected chi connectivity index (χ1v) is 9.55. The Kier molecular flexibility index (Phi) is 9.56. The number of carbonyl (C=O) groups is 2. The lowest BCUT2D eigenvalue weighted by molar-refractivity contribution is -0.134. The Labute approximate surface area is 174 Å². The molecule has 0 radical (unpaired) electrons. The monoisotopic (exact) mass is 417 g/mol. The Morgan fingerprint density at radius 3 is 2.53 bits per heavy atom. The number of hydrogen-bond donors (Lipinski definition) is 4. The first-order chi connectivity index (χ1) is 14.5. The molecule has 4 N–H and O–H groups in total. The van der Waals surface area contributed by atoms with Gasteiger partial charge in [-0.2, -0.15) is 0 Å². The van der Waals surface area contributed by atoms with Crippen molar-refractivity contribution in [1.29, 1.82) is 0 Å². The van der Waals surface area contributed by atoms with Crippen LogP contribution in [-0.4, -0.2) is 59.2 Å². The Bertz CT molecular complexity index is 805. The van der Waals surface area contributed by atoms with Crippen LogP contribution in [-0.2, 0) is 20.9 Å². The van der Waals surface area contributed by atoms with Crippen molar-refractivity contribution in [3.8, 4) is 5.88 Å². The maximum atomic E-state index is 9.55. The van der Waals surface area contributed by atoms with E-state index in [4.69, 9.17) is 19.7 Å². The molecule has 1 aliphatic heterocycles. The molecule has 2 atom stereocenters. The molecule has 2 heterocycles. The van der Waals surface area contributed by atoms with Gasteiger partial charge < -0.3 is 25.0 Å². The fraction of sp³-hybridized carbons (Fsp3) is 0.381. The number of H-pyrrole nitrogens is 1. The molecule has 0 unspecified atom stereocenters. The number of ether oxygens (including phenoxy) is 2. The molecule has 162 valence electrons. The Hall–Kier alpha value is -3.17. The van der Waals surface area contributed by atoms with Crippen molar-refractivity contribution < 1.29 is 29.3 Å². The molecule has 1 aliphatic rings. The van der Waals surface area contributed by atoms with Crippen molar-refractivity contribution in [2.45, 2.75) is 18.9 Å². The number of piperidine rings is 1. The maximum absolute atomic E-state index is 9.55. The summed E-state index contributed by atoms with van der Waals surface area (Å²) < 4.78 is 11.0. The first-order valence-electron chi connectivity index (χ1n) is 9.55. The predicted molar refractivity (Wildman–Crippen MR) is 109 cm³/mol. The molecule has 0 bridgehead atoms. The van der Waals surface area contributed by atoms with Crippen LogP contribution in [0.5, 0.6) is 5.88 Å². The van der Waals surface area contributed by atoms with E-state index < -0.39 is 11.9 Å². The molecule has 1 aromatic carbocycles. The average Bonchev–Trinajstić information content (AvgIpc) is 3.20. The first kappa shape index (κ1) is 23.1. The summed E-state index contributed by atoms with van der Waals surface area (Å²) in [5, 5.41) is 26.2. The summed E-state index contributed by atoms with van der Waals surface area (Å²) in [6, 6.07) is 12.6. The summed E-state index contributed by atoms with van der Waals surface area (Å²) in [5.74, 6) is -0.872. The van der Waals surface area contributed by atoms with E-state index in [9.17, 15) is 9.59 Å². The van der Waals surface area contributed by atoms with Gasteiger partial charge in [-0.25, -0.2) is 9.59 Å². The third-order valence-corrected chi connectivity index (χ3v) is 4.56. The van der Waals surface area contributed by atoms with Crippen LogP contribution in [0.1, 0.15) is 23.6 Å². The molecule has 1 saturated heterocycles. The number of hydrogen-bond acceptors (Lipinski definition) is 6. The van der Waals surface area contributed by atoms with E-state index in [0.717, 1.165) is 25.2 Å². The van der Waals surface area contributed by atoms with Crippen LogP contribution in [0.4, 0.5) is 0 Å². The topological polar surface area (TPSA) is 134 Å². The van der Waals surface area contributed by atoms with E-state index in [1.807, 2.05) is 6.07 Å². The molecule has 2 aromatic rings. The van der Waals surface area contributed by atoms with Gasteiger partial charge in [0.2, 0.25) is 5.88 Å². The van der Waals surface area contributed by atoms with Gasteiger partial charge in [-0.15, -0.1) is 5.10 Å². The Morgan fingerprint density at radius 2 is 1.90 bits per heavy atom. The van der Waals surface area contributed by atoms with Crippen molar-refractivity contribution in [1.82, 2.24) is 15.5 Å². The van der Waals surface area contributed by atoms with Crippen LogP contribution in [0.25, 0.3) is 0 Å². The smallest absolute Gasteiger partial charge is 0.328 e. The third-order valence-electron chi connectivity index (χ3n) is 4.56. The number of benzene rings is 1. The molecule has 1 aromatic heterocycles. The normalized spacial score (nSPS) is 18.4. The lowest BCUT2D eigenvalue weighted by Gasteiger charge is -2.32. The minimum Gasteiger partial charge on any atom is -0.478 e. The number of aliphatic carboxylic acids is 2. The number of methoxy groups -OCH3 is 1. The Balaban J connectivity index is 0.000000343. The number of aromatic nitrogens is 2. The largest absolute Gasteiger partial charge is 0.478 e. The predicted octanol–water partition coefficient (Wildman–Crippen LogP) is 2.04. The maximum Gasteiger partial charge on any atom is 0.328 e. The van der Waals surface area contributed by atoms with Crippen LogP contribution in [0.2, 0.25) is 0 Å². The van der Waals surface area contributed by atoms with Crippen molar-refractivity contribution >= 4 is 11.9 Å². The van der Waals surface area contributed by atoms with Gasteiger partial charge in [-0.05, 0) is 24.4 Å². The molecule has 0 aliphatic carbocycles. The zero-order valence-electron chi connectivity index (χ0n) is 16.8. The summed E-state index contributed by atoms with van der Waals surface area (Å²) in [4.78, 5) is 19.1. The van der Waals surface area contributed by atoms with Gasteiger partial charge in [0.1, 0.15) is 0 Å². The van der Waals surface area contributed by atoms with E-state index in [1.54, 1.807) is 7.11 Å². The molecular formula is C21H27N3O6. The minimum atomic E-state index is -1.26. The molecule has 0 spiro atoms. The zero-order valence-corrected chi connectivity index (χ0v) is 16.8. The van der Waals surface area contributed by atoms with Gasteiger partial charge in [0.25, 0.3) is 0 Å². The highest BCUT2D eigenvalue weighted by molar-refractivity contribution is 5.89. The number of aromatic amines is 1. The van der Waals surface area contributed by atoms with Gasteiger partial charge in [0.15, 0.2) is 0 Å². The van der Waals surface area contributed by atoms with Crippen LogP contribution in [0, 0.1) is 5.92 Å². The quantitative estimate of drug-likeness (QED) is 0.480. The second kappa shape index (κ2) is 12.4. The van der Waals surface area contributed by atoms with Crippen molar-refractivity contribution in [2.24, 2.45) is 5.92 Å². The van der Waals surface area contributed by atoms with E-state index in [2.05, 4.69) is 45.8 Å². The van der Waals surface area contributed by atoms with E-state index in [1.165, 1.54) is 5.56 Å². The van der Waals surface area contributed by atoms with Crippen LogP contribution in [0.15, 0.2) is 48.6 Å². The highest BCUT2D eigenvalue weighted by Crippen LogP contribution is 2.30. The van der Waals surface area contributed by atoms with Gasteiger partial charge in [0, 0.05) is 37.8 Å². The number of carboxylic acid groups (broad SMARTS) is 2. The fourth-order valence-electron chi connectivity index (χ4n) is 3.22. The molecule has 9 heteroatoms. The van der Waals surface area contributed by atoms with Gasteiger partial charge >= 0.3 is 11.9 Å². The molecule has 0 amide bonds. The van der Waals surface area contributed by atoms with Crippen molar-refractivity contribution in [3.05, 3.63) is 59.8 Å². The second-order valence-electron chi connectivity index (χ2n) is 6.76. The molecule has 30 heavy (non-hydrogen) atoms. The highest BCUT2D eigenvalue weighted by atomic mass is 16.5. The molecular weight excluding hydrogens is 390 g/mol. The SMILES string of the molecule is COCc1cc(OC[C@@H]2CNCC[C@H]2c2ccccc2)n[nH]1.O=C(O)/C=C/C(=O)O. The van der Waals surface area contributed by atoms with Gasteiger partial charge in [0.05, 0.1) is 18.9 Å². The lowest BCUT2D eigenvalue weighted by Crippen LogP contribution is -2.38. The number of nitrogens with one attached hydrogen (secondary N) is 2. The average molecular weight is 417 g/mol. The molecule has 3 rings (SSSR count). The zero-order chi connectivity index (χ0) is 21.8. The van der Waals surface area contributed by atoms with Gasteiger partial charge in [-0.3, -0.25) is 5.10 Å². The number of rotatable bonds is 8. The molecule has 1 fully saturated rings. The van der Waals surface area contributed by atoms with E-state index in [0.29, 0.717) is 43.1 Å². The Morgan fingerprint density at radius 1 is 1.20 bits per heavy atom. The van der Waals surface area contributed by atoms with Gasteiger partial charge in [-0.1, -0.05) is 30.3 Å². The van der Waals surface area contributed by atoms with E-state index in [-0.39, 0.29) is 0 Å². The second-order valence-corrected chi connectivity index (χ2v) is 6.76. The lowest BCUT2D eigenvalue weighted by atomic mass is 9.81. The van der Waals surface area contributed by atoms with Crippen molar-refractivity contribution in [3.63, 3.8) is 0 Å². The highest BCUT2D eigenvalue weighted by Gasteiger charge is 2.27. The molecule has 9 nitrogen and oxygen atoms in total. The number of nitrogens with zero attached hydrogens (tertiary/aromatic N) is 1. The van der Waals surface area contributed by atoms with E-state index >= 15 is 0 Å². The summed E-state index contributed by atoms with van der Waals surface area (Å²) in [6.45, 7) is 3.24. The summed E-state index contributed by atoms with van der Waals surface area (Å²) in [5.41, 5.74) is 2.33. The minimum absolute atomic E-state index is 0.457. The number of carboxylic acids is 2. The fourth-order valence-corrected chi connectivity index (χ4v) is 3.22. The van der Waals surface area contributed by atoms with Crippen LogP contribution < -0.4 is 10.1 Å². The van der Waals surface area contributed by atoms with Crippen LogP contribution in [0.3, 0.4) is 0 Å². The summed E-state index contributed by atoms with van der Waals surface area (Å²) in [7, 11) is 1.67. The third kappa shape index (κ3) is 8.06. The summed E-state index contributed by atoms with van der Waals surface area (Å²) in [6.07, 6.45) is 2.26. The van der Waals surface area contributed by atoms with Crippen LogP contribution >= 0.6 is 0 Å². The molecule has 0 saturated carbocycles. The standard InChI is InChI=1S/C17H23N3O2.C4H4O4/c1-21-12-15-9-17(20-19-15)22-11-14-10-18-8-7-16(14)13-5-3-2-4-6-13;5-3(6)1-2-4(7)8/h2-6,9,14,16,18H,7-8,10-12H2,1H3,(H,19,20);1-2H,(H,5,6)(H,7,8)/b;2-1+/t14-,16-;/m0./s1. The van der Waals surface area contributed by atoms with Crippen molar-refractivity contribution in [2.75, 3.05) is 26.8 Å².